The van der Waals surface area contributed by atoms with E-state index in [0.29, 0.717) is 6.61 Å². The zero-order valence-electron chi connectivity index (χ0n) is 16.6. The Hall–Kier alpha value is -1.48. The van der Waals surface area contributed by atoms with E-state index in [2.05, 4.69) is 23.3 Å². The van der Waals surface area contributed by atoms with Crippen LogP contribution < -0.4 is 4.74 Å². The van der Waals surface area contributed by atoms with Crippen molar-refractivity contribution >= 4 is 10.9 Å². The van der Waals surface area contributed by atoms with Gasteiger partial charge in [-0.2, -0.15) is 0 Å². The maximum Gasteiger partial charge on any atom is 0.120 e. The number of aliphatic hydroxyl groups is 1. The number of methoxy groups -OCH3 is 1. The molecule has 0 spiro atoms. The van der Waals surface area contributed by atoms with Gasteiger partial charge in [0.1, 0.15) is 5.75 Å². The molecule has 2 N–H and O–H groups in total. The third-order valence-electron chi connectivity index (χ3n) is 5.33. The molecule has 0 aliphatic carbocycles. The van der Waals surface area contributed by atoms with Crippen LogP contribution >= 0.6 is 0 Å². The molecule has 0 aliphatic heterocycles. The number of aromatic nitrogens is 1. The van der Waals surface area contributed by atoms with Crippen LogP contribution in [0.3, 0.4) is 0 Å². The molecule has 2 rings (SSSR count). The van der Waals surface area contributed by atoms with E-state index in [4.69, 9.17) is 9.84 Å². The van der Waals surface area contributed by atoms with E-state index >= 15 is 0 Å². The molecule has 0 aliphatic rings. The molecule has 0 atom stereocenters. The highest BCUT2D eigenvalue weighted by Crippen LogP contribution is 2.24. The van der Waals surface area contributed by atoms with Crippen molar-refractivity contribution in [1.29, 1.82) is 0 Å². The fraction of sp³-hybridized carbons (Fsp3) is 0.652. The Kier molecular flexibility index (Phi) is 10.3. The monoisotopic (exact) mass is 359 g/mol. The van der Waals surface area contributed by atoms with E-state index < -0.39 is 0 Å². The number of rotatable bonds is 15. The van der Waals surface area contributed by atoms with E-state index in [-0.39, 0.29) is 0 Å². The number of benzene rings is 1. The first-order valence-corrected chi connectivity index (χ1v) is 10.6. The first-order valence-electron chi connectivity index (χ1n) is 10.6. The molecule has 0 saturated heterocycles. The van der Waals surface area contributed by atoms with E-state index in [0.717, 1.165) is 12.2 Å². The summed E-state index contributed by atoms with van der Waals surface area (Å²) in [5, 5.41) is 10.1. The number of H-pyrrole nitrogens is 1. The Morgan fingerprint density at radius 2 is 1.38 bits per heavy atom. The van der Waals surface area contributed by atoms with Gasteiger partial charge < -0.3 is 14.8 Å². The van der Waals surface area contributed by atoms with Gasteiger partial charge in [-0.1, -0.05) is 64.2 Å². The highest BCUT2D eigenvalue weighted by atomic mass is 16.5. The summed E-state index contributed by atoms with van der Waals surface area (Å²) in [7, 11) is 1.71. The van der Waals surface area contributed by atoms with Gasteiger partial charge in [-0.3, -0.25) is 0 Å². The molecule has 0 amide bonds. The Balaban J connectivity index is 1.47. The van der Waals surface area contributed by atoms with Crippen molar-refractivity contribution in [1.82, 2.24) is 4.98 Å². The zero-order valence-corrected chi connectivity index (χ0v) is 16.6. The van der Waals surface area contributed by atoms with Gasteiger partial charge >= 0.3 is 0 Å². The molecule has 0 saturated carbocycles. The lowest BCUT2D eigenvalue weighted by atomic mass is 10.0. The first-order chi connectivity index (χ1) is 12.8. The second-order valence-corrected chi connectivity index (χ2v) is 7.44. The molecular formula is C23H37NO2. The summed E-state index contributed by atoms with van der Waals surface area (Å²) >= 11 is 0. The number of fused-ring (bicyclic) bond motifs is 1. The second-order valence-electron chi connectivity index (χ2n) is 7.44. The number of hydrogen-bond donors (Lipinski definition) is 2. The number of aliphatic hydroxyl groups excluding tert-OH is 1. The summed E-state index contributed by atoms with van der Waals surface area (Å²) in [5.74, 6) is 0.913. The summed E-state index contributed by atoms with van der Waals surface area (Å²) in [6.07, 6.45) is 19.0. The molecule has 3 nitrogen and oxygen atoms in total. The number of nitrogens with one attached hydrogen (secondary N) is 1. The highest BCUT2D eigenvalue weighted by Gasteiger charge is 2.04. The SMILES string of the molecule is COc1ccc2c(CCCCCCCCCCCCCCO)c[nH]c2c1. The lowest BCUT2D eigenvalue weighted by Crippen LogP contribution is -1.86. The van der Waals surface area contributed by atoms with Crippen LogP contribution in [0.2, 0.25) is 0 Å². The molecule has 1 aromatic heterocycles. The van der Waals surface area contributed by atoms with Crippen molar-refractivity contribution in [2.45, 2.75) is 83.5 Å². The topological polar surface area (TPSA) is 45.2 Å². The van der Waals surface area contributed by atoms with Gasteiger partial charge in [0, 0.05) is 29.8 Å². The molecule has 0 radical (unpaired) electrons. The zero-order chi connectivity index (χ0) is 18.5. The summed E-state index contributed by atoms with van der Waals surface area (Å²) < 4.78 is 5.28. The van der Waals surface area contributed by atoms with Gasteiger partial charge in [0.2, 0.25) is 0 Å². The summed E-state index contributed by atoms with van der Waals surface area (Å²) in [5.41, 5.74) is 2.61. The number of unbranched alkanes of at least 4 members (excludes halogenated alkanes) is 11. The van der Waals surface area contributed by atoms with Gasteiger partial charge in [-0.15, -0.1) is 0 Å². The molecule has 2 aromatic rings. The summed E-state index contributed by atoms with van der Waals surface area (Å²) in [6.45, 7) is 0.356. The molecule has 0 bridgehead atoms. The van der Waals surface area contributed by atoms with Crippen molar-refractivity contribution in [3.05, 3.63) is 30.0 Å². The van der Waals surface area contributed by atoms with Crippen LogP contribution in [0.5, 0.6) is 5.75 Å². The van der Waals surface area contributed by atoms with Crippen molar-refractivity contribution in [3.8, 4) is 5.75 Å². The normalized spacial score (nSPS) is 11.3. The minimum Gasteiger partial charge on any atom is -0.497 e. The van der Waals surface area contributed by atoms with Crippen LogP contribution in [0, 0.1) is 0 Å². The average Bonchev–Trinajstić information content (AvgIpc) is 3.07. The number of ether oxygens (including phenoxy) is 1. The van der Waals surface area contributed by atoms with Gasteiger partial charge in [0.25, 0.3) is 0 Å². The van der Waals surface area contributed by atoms with Gasteiger partial charge in [0.15, 0.2) is 0 Å². The molecule has 1 aromatic carbocycles. The lowest BCUT2D eigenvalue weighted by Gasteiger charge is -2.03. The number of aryl methyl sites for hydroxylation is 1. The van der Waals surface area contributed by atoms with E-state index in [1.165, 1.54) is 93.5 Å². The van der Waals surface area contributed by atoms with Gasteiger partial charge in [0.05, 0.1) is 7.11 Å². The third kappa shape index (κ3) is 7.41. The highest BCUT2D eigenvalue weighted by molar-refractivity contribution is 5.84. The van der Waals surface area contributed by atoms with E-state index in [1.807, 2.05) is 6.07 Å². The van der Waals surface area contributed by atoms with Crippen LogP contribution in [0.25, 0.3) is 10.9 Å². The minimum absolute atomic E-state index is 0.356. The number of hydrogen-bond acceptors (Lipinski definition) is 2. The van der Waals surface area contributed by atoms with E-state index in [1.54, 1.807) is 7.11 Å². The standard InChI is InChI=1S/C23H37NO2/c1-26-21-15-16-22-20(19-24-23(22)18-21)14-12-10-8-6-4-2-3-5-7-9-11-13-17-25/h15-16,18-19,24-25H,2-14,17H2,1H3. The van der Waals surface area contributed by atoms with Crippen molar-refractivity contribution in [3.63, 3.8) is 0 Å². The van der Waals surface area contributed by atoms with Crippen LogP contribution in [0.15, 0.2) is 24.4 Å². The Morgan fingerprint density at radius 1 is 0.808 bits per heavy atom. The molecule has 3 heteroatoms. The maximum atomic E-state index is 8.74. The number of aromatic amines is 1. The largest absolute Gasteiger partial charge is 0.497 e. The smallest absolute Gasteiger partial charge is 0.120 e. The Bertz CT molecular complexity index is 605. The van der Waals surface area contributed by atoms with Gasteiger partial charge in [-0.25, -0.2) is 0 Å². The lowest BCUT2D eigenvalue weighted by molar-refractivity contribution is 0.282. The molecule has 0 fully saturated rings. The van der Waals surface area contributed by atoms with Crippen LogP contribution in [-0.4, -0.2) is 23.8 Å². The van der Waals surface area contributed by atoms with Gasteiger partial charge in [-0.05, 0) is 37.0 Å². The fourth-order valence-electron chi connectivity index (χ4n) is 3.69. The second kappa shape index (κ2) is 12.8. The summed E-state index contributed by atoms with van der Waals surface area (Å²) in [4.78, 5) is 3.37. The average molecular weight is 360 g/mol. The van der Waals surface area contributed by atoms with Crippen LogP contribution in [0.1, 0.15) is 82.6 Å². The predicted molar refractivity (Wildman–Crippen MR) is 111 cm³/mol. The first kappa shape index (κ1) is 20.8. The van der Waals surface area contributed by atoms with E-state index in [9.17, 15) is 0 Å². The fourth-order valence-corrected chi connectivity index (χ4v) is 3.69. The Morgan fingerprint density at radius 3 is 1.96 bits per heavy atom. The maximum absolute atomic E-state index is 8.74. The quantitative estimate of drug-likeness (QED) is 0.362. The molecular weight excluding hydrogens is 322 g/mol. The Labute approximate surface area is 159 Å². The van der Waals surface area contributed by atoms with Crippen molar-refractivity contribution in [2.75, 3.05) is 13.7 Å². The van der Waals surface area contributed by atoms with Crippen molar-refractivity contribution in [2.24, 2.45) is 0 Å². The third-order valence-corrected chi connectivity index (χ3v) is 5.33. The molecule has 1 heterocycles. The summed E-state index contributed by atoms with van der Waals surface area (Å²) in [6, 6.07) is 6.29. The molecule has 146 valence electrons. The minimum atomic E-state index is 0.356. The predicted octanol–water partition coefficient (Wildman–Crippen LogP) is 6.39. The molecule has 26 heavy (non-hydrogen) atoms. The molecule has 0 unspecified atom stereocenters. The van der Waals surface area contributed by atoms with Crippen molar-refractivity contribution < 1.29 is 9.84 Å². The van der Waals surface area contributed by atoms with Crippen LogP contribution in [0.4, 0.5) is 0 Å². The van der Waals surface area contributed by atoms with Crippen LogP contribution in [-0.2, 0) is 6.42 Å².